The molecule has 0 aliphatic carbocycles. The van der Waals surface area contributed by atoms with Crippen LogP contribution in [-0.4, -0.2) is 31.1 Å². The molecular formula is C14H18FNO3S. The highest BCUT2D eigenvalue weighted by Gasteiger charge is 2.36. The van der Waals surface area contributed by atoms with Crippen molar-refractivity contribution < 1.29 is 17.6 Å². The number of ketones is 1. The number of hydrogen-bond donors (Lipinski definition) is 0. The average Bonchev–Trinajstić information content (AvgIpc) is 2.76. The van der Waals surface area contributed by atoms with Gasteiger partial charge in [-0.1, -0.05) is 0 Å². The first kappa shape index (κ1) is 15.1. The fourth-order valence-electron chi connectivity index (χ4n) is 2.69. The van der Waals surface area contributed by atoms with E-state index in [0.29, 0.717) is 18.5 Å². The molecule has 0 spiro atoms. The zero-order chi connectivity index (χ0) is 14.9. The lowest BCUT2D eigenvalue weighted by Gasteiger charge is -2.24. The van der Waals surface area contributed by atoms with Crippen molar-refractivity contribution in [3.05, 3.63) is 29.6 Å². The van der Waals surface area contributed by atoms with Gasteiger partial charge >= 0.3 is 0 Å². The summed E-state index contributed by atoms with van der Waals surface area (Å²) < 4.78 is 39.8. The lowest BCUT2D eigenvalue weighted by Crippen LogP contribution is -2.36. The first-order chi connectivity index (χ1) is 9.32. The van der Waals surface area contributed by atoms with E-state index in [1.54, 1.807) is 6.92 Å². The van der Waals surface area contributed by atoms with Crippen molar-refractivity contribution >= 4 is 15.8 Å². The van der Waals surface area contributed by atoms with Gasteiger partial charge in [0.15, 0.2) is 0 Å². The predicted octanol–water partition coefficient (Wildman–Crippen LogP) is 2.27. The molecule has 110 valence electrons. The number of rotatable bonds is 4. The second-order valence-electron chi connectivity index (χ2n) is 5.23. The molecule has 1 aromatic rings. The topological polar surface area (TPSA) is 54.5 Å². The van der Waals surface area contributed by atoms with E-state index in [0.717, 1.165) is 12.5 Å². The van der Waals surface area contributed by atoms with E-state index in [-0.39, 0.29) is 23.1 Å². The highest BCUT2D eigenvalue weighted by Crippen LogP contribution is 2.29. The van der Waals surface area contributed by atoms with Gasteiger partial charge in [-0.15, -0.1) is 0 Å². The van der Waals surface area contributed by atoms with Gasteiger partial charge in [0.2, 0.25) is 10.0 Å². The molecule has 1 aliphatic rings. The zero-order valence-corrected chi connectivity index (χ0v) is 12.4. The van der Waals surface area contributed by atoms with Crippen molar-refractivity contribution in [1.29, 1.82) is 0 Å². The molecule has 1 saturated heterocycles. The summed E-state index contributed by atoms with van der Waals surface area (Å²) in [6.45, 7) is 3.45. The first-order valence-electron chi connectivity index (χ1n) is 6.60. The third-order valence-corrected chi connectivity index (χ3v) is 5.68. The van der Waals surface area contributed by atoms with Gasteiger partial charge in [-0.05, 0) is 50.5 Å². The largest absolute Gasteiger partial charge is 0.300 e. The zero-order valence-electron chi connectivity index (χ0n) is 11.6. The molecule has 0 bridgehead atoms. The Bertz CT molecular complexity index is 627. The van der Waals surface area contributed by atoms with Crippen LogP contribution in [-0.2, 0) is 14.8 Å². The molecule has 6 heteroatoms. The fraction of sp³-hybridized carbons (Fsp3) is 0.500. The highest BCUT2D eigenvalue weighted by molar-refractivity contribution is 7.89. The lowest BCUT2D eigenvalue weighted by atomic mass is 10.1. The second kappa shape index (κ2) is 5.61. The molecule has 1 aliphatic heterocycles. The molecule has 1 heterocycles. The van der Waals surface area contributed by atoms with Crippen LogP contribution in [0.4, 0.5) is 4.39 Å². The van der Waals surface area contributed by atoms with Crippen molar-refractivity contribution in [2.75, 3.05) is 6.54 Å². The monoisotopic (exact) mass is 299 g/mol. The molecule has 4 nitrogen and oxygen atoms in total. The third kappa shape index (κ3) is 2.91. The molecule has 0 N–H and O–H groups in total. The molecule has 1 aromatic carbocycles. The van der Waals surface area contributed by atoms with Crippen LogP contribution in [0.25, 0.3) is 0 Å². The molecule has 1 unspecified atom stereocenters. The Morgan fingerprint density at radius 1 is 1.45 bits per heavy atom. The van der Waals surface area contributed by atoms with Crippen LogP contribution >= 0.6 is 0 Å². The lowest BCUT2D eigenvalue weighted by molar-refractivity contribution is -0.117. The normalized spacial score (nSPS) is 20.2. The van der Waals surface area contributed by atoms with E-state index in [4.69, 9.17) is 0 Å². The Morgan fingerprint density at radius 2 is 2.15 bits per heavy atom. The van der Waals surface area contributed by atoms with Crippen LogP contribution in [0.2, 0.25) is 0 Å². The second-order valence-corrected chi connectivity index (χ2v) is 7.09. The quantitative estimate of drug-likeness (QED) is 0.857. The molecular weight excluding hydrogens is 281 g/mol. The summed E-state index contributed by atoms with van der Waals surface area (Å²) >= 11 is 0. The SMILES string of the molecule is CC(=O)CC1CCCN1S(=O)(=O)c1ccc(F)cc1C. The maximum atomic E-state index is 13.1. The number of carbonyl (C=O) groups excluding carboxylic acids is 1. The summed E-state index contributed by atoms with van der Waals surface area (Å²) in [5.41, 5.74) is 0.387. The van der Waals surface area contributed by atoms with Crippen LogP contribution in [0.5, 0.6) is 0 Å². The van der Waals surface area contributed by atoms with Crippen LogP contribution in [0.1, 0.15) is 31.7 Å². The molecule has 1 fully saturated rings. The number of carbonyl (C=O) groups is 1. The van der Waals surface area contributed by atoms with Gasteiger partial charge in [-0.2, -0.15) is 4.31 Å². The van der Waals surface area contributed by atoms with Gasteiger partial charge in [0, 0.05) is 19.0 Å². The summed E-state index contributed by atoms with van der Waals surface area (Å²) in [5.74, 6) is -0.476. The Balaban J connectivity index is 2.36. The summed E-state index contributed by atoms with van der Waals surface area (Å²) in [4.78, 5) is 11.4. The minimum atomic E-state index is -3.67. The van der Waals surface area contributed by atoms with E-state index in [9.17, 15) is 17.6 Å². The summed E-state index contributed by atoms with van der Waals surface area (Å²) in [6, 6.07) is 3.38. The van der Waals surface area contributed by atoms with Crippen molar-refractivity contribution in [3.8, 4) is 0 Å². The van der Waals surface area contributed by atoms with Gasteiger partial charge in [0.05, 0.1) is 4.90 Å². The van der Waals surface area contributed by atoms with Crippen molar-refractivity contribution in [1.82, 2.24) is 4.31 Å². The number of hydrogen-bond acceptors (Lipinski definition) is 3. The van der Waals surface area contributed by atoms with Gasteiger partial charge in [-0.25, -0.2) is 12.8 Å². The molecule has 0 radical (unpaired) electrons. The van der Waals surface area contributed by atoms with E-state index in [1.807, 2.05) is 0 Å². The summed E-state index contributed by atoms with van der Waals surface area (Å²) in [5, 5.41) is 0. The van der Waals surface area contributed by atoms with E-state index in [2.05, 4.69) is 0 Å². The Morgan fingerprint density at radius 3 is 2.75 bits per heavy atom. The number of nitrogens with zero attached hydrogens (tertiary/aromatic N) is 1. The number of aryl methyl sites for hydroxylation is 1. The van der Waals surface area contributed by atoms with Crippen LogP contribution in [0, 0.1) is 12.7 Å². The first-order valence-corrected chi connectivity index (χ1v) is 8.04. The van der Waals surface area contributed by atoms with E-state index >= 15 is 0 Å². The molecule has 1 atom stereocenters. The van der Waals surface area contributed by atoms with Crippen molar-refractivity contribution in [3.63, 3.8) is 0 Å². The molecule has 0 amide bonds. The number of benzene rings is 1. The number of sulfonamides is 1. The molecule has 20 heavy (non-hydrogen) atoms. The Hall–Kier alpha value is -1.27. The van der Waals surface area contributed by atoms with Crippen molar-refractivity contribution in [2.45, 2.75) is 44.0 Å². The maximum Gasteiger partial charge on any atom is 0.243 e. The Kier molecular flexibility index (Phi) is 4.25. The molecule has 0 saturated carbocycles. The van der Waals surface area contributed by atoms with Gasteiger partial charge in [-0.3, -0.25) is 4.79 Å². The highest BCUT2D eigenvalue weighted by atomic mass is 32.2. The Labute approximate surface area is 118 Å². The summed E-state index contributed by atoms with van der Waals surface area (Å²) in [7, 11) is -3.67. The van der Waals surface area contributed by atoms with Crippen molar-refractivity contribution in [2.24, 2.45) is 0 Å². The van der Waals surface area contributed by atoms with E-state index < -0.39 is 15.8 Å². The van der Waals surface area contributed by atoms with Crippen LogP contribution in [0.3, 0.4) is 0 Å². The minimum Gasteiger partial charge on any atom is -0.300 e. The smallest absolute Gasteiger partial charge is 0.243 e. The van der Waals surface area contributed by atoms with E-state index in [1.165, 1.54) is 23.4 Å². The number of halogens is 1. The molecule has 2 rings (SSSR count). The minimum absolute atomic E-state index is 0.0204. The summed E-state index contributed by atoms with van der Waals surface area (Å²) in [6.07, 6.45) is 1.68. The molecule has 0 aromatic heterocycles. The third-order valence-electron chi connectivity index (χ3n) is 3.57. The van der Waals surface area contributed by atoms with Crippen LogP contribution in [0.15, 0.2) is 23.1 Å². The predicted molar refractivity (Wildman–Crippen MR) is 73.3 cm³/mol. The maximum absolute atomic E-state index is 13.1. The van der Waals surface area contributed by atoms with Crippen LogP contribution < -0.4 is 0 Å². The fourth-order valence-corrected chi connectivity index (χ4v) is 4.59. The van der Waals surface area contributed by atoms with Gasteiger partial charge < -0.3 is 0 Å². The average molecular weight is 299 g/mol. The van der Waals surface area contributed by atoms with Gasteiger partial charge in [0.25, 0.3) is 0 Å². The van der Waals surface area contributed by atoms with Gasteiger partial charge in [0.1, 0.15) is 11.6 Å². The number of Topliss-reactive ketones (excluding diaryl/α,β-unsaturated/α-hetero) is 1. The standard InChI is InChI=1S/C14H18FNO3S/c1-10-8-12(15)5-6-14(10)20(18,19)16-7-3-4-13(16)9-11(2)17/h5-6,8,13H,3-4,7,9H2,1-2H3.